The molecule has 53 valence electrons. The van der Waals surface area contributed by atoms with E-state index in [1.165, 1.54) is 0 Å². The summed E-state index contributed by atoms with van der Waals surface area (Å²) in [6, 6.07) is 0. The van der Waals surface area contributed by atoms with Crippen molar-refractivity contribution in [3.05, 3.63) is 0 Å². The number of hydrogen-bond acceptors (Lipinski definition) is 6. The SMILES string of the molecule is [Gd+3].[O]=[Al][O-].[O]=[Al][O-].[O]=[Al][O-]. The molecular formula is Al3GdO6. The molecule has 1 radical (unpaired) electrons. The van der Waals surface area contributed by atoms with E-state index in [9.17, 15) is 0 Å². The van der Waals surface area contributed by atoms with Crippen LogP contribution in [0.15, 0.2) is 0 Å². The Morgan fingerprint density at radius 2 is 0.700 bits per heavy atom. The summed E-state index contributed by atoms with van der Waals surface area (Å²) in [6.07, 6.45) is 0. The van der Waals surface area contributed by atoms with Crippen molar-refractivity contribution in [1.29, 1.82) is 0 Å². The van der Waals surface area contributed by atoms with E-state index in [0.29, 0.717) is 0 Å². The Labute approximate surface area is 108 Å². The number of rotatable bonds is 0. The Bertz CT molecular complexity index is 49.7. The summed E-state index contributed by atoms with van der Waals surface area (Å²) in [5.74, 6) is 0. The summed E-state index contributed by atoms with van der Waals surface area (Å²) < 4.78 is 50.8. The topological polar surface area (TPSA) is 120 Å². The zero-order chi connectivity index (χ0) is 8.12. The van der Waals surface area contributed by atoms with Gasteiger partial charge in [-0.15, -0.1) is 0 Å². The molecule has 6 nitrogen and oxygen atoms in total. The Morgan fingerprint density at radius 1 is 0.700 bits per heavy atom. The maximum atomic E-state index is 8.46. The second kappa shape index (κ2) is 45.4. The maximum absolute atomic E-state index is 8.46. The molecule has 0 saturated carbocycles. The average Bonchev–Trinajstić information content (AvgIpc) is 1.70. The molecule has 0 spiro atoms. The molecule has 0 aromatic carbocycles. The van der Waals surface area contributed by atoms with Crippen LogP contribution in [0.5, 0.6) is 0 Å². The van der Waals surface area contributed by atoms with Crippen molar-refractivity contribution in [1.82, 2.24) is 0 Å². The van der Waals surface area contributed by atoms with Gasteiger partial charge in [0.1, 0.15) is 0 Å². The van der Waals surface area contributed by atoms with Crippen LogP contribution in [-0.4, -0.2) is 46.5 Å². The molecule has 0 rings (SSSR count). The van der Waals surface area contributed by atoms with E-state index >= 15 is 0 Å². The molecule has 0 aliphatic carbocycles. The Morgan fingerprint density at radius 3 is 0.700 bits per heavy atom. The van der Waals surface area contributed by atoms with Gasteiger partial charge in [-0.05, 0) is 0 Å². The first-order chi connectivity index (χ1) is 4.24. The molecule has 0 unspecified atom stereocenters. The summed E-state index contributed by atoms with van der Waals surface area (Å²) in [6.45, 7) is 0. The first-order valence-electron chi connectivity index (χ1n) is 1.41. The second-order valence-corrected chi connectivity index (χ2v) is 0.866. The monoisotopic (exact) mass is 335 g/mol. The van der Waals surface area contributed by atoms with Crippen LogP contribution >= 0.6 is 0 Å². The van der Waals surface area contributed by atoms with Crippen molar-refractivity contribution in [2.24, 2.45) is 0 Å². The van der Waals surface area contributed by atoms with E-state index in [2.05, 4.69) is 0 Å². The third-order valence-corrected chi connectivity index (χ3v) is 0. The van der Waals surface area contributed by atoms with Crippen molar-refractivity contribution in [2.45, 2.75) is 0 Å². The summed E-state index contributed by atoms with van der Waals surface area (Å²) >= 11 is -5.25. The quantitative estimate of drug-likeness (QED) is 0.409. The van der Waals surface area contributed by atoms with Gasteiger partial charge in [0, 0.05) is 0 Å². The standard InChI is InChI=1S/3Al.Gd.6O/q;;;+3;;;;3*-1. The molecule has 0 atom stereocenters. The van der Waals surface area contributed by atoms with Gasteiger partial charge in [-0.25, -0.2) is 0 Å². The second-order valence-electron chi connectivity index (χ2n) is 0.289. The third-order valence-electron chi connectivity index (χ3n) is 0. The fraction of sp³-hybridized carbons (Fsp3) is 0. The molecule has 0 amide bonds. The molecule has 0 N–H and O–H groups in total. The summed E-state index contributed by atoms with van der Waals surface area (Å²) in [5, 5.41) is 0. The first-order valence-corrected chi connectivity index (χ1v) is 4.24. The van der Waals surface area contributed by atoms with Gasteiger partial charge in [-0.2, -0.15) is 0 Å². The van der Waals surface area contributed by atoms with Gasteiger partial charge in [0.05, 0.1) is 0 Å². The van der Waals surface area contributed by atoms with Crippen LogP contribution in [0.2, 0.25) is 0 Å². The van der Waals surface area contributed by atoms with E-state index in [1.54, 1.807) is 0 Å². The minimum absolute atomic E-state index is 0. The molecule has 0 aromatic heterocycles. The fourth-order valence-corrected chi connectivity index (χ4v) is 0. The van der Waals surface area contributed by atoms with Crippen LogP contribution in [0, 0.1) is 39.9 Å². The van der Waals surface area contributed by atoms with Crippen molar-refractivity contribution in [3.63, 3.8) is 0 Å². The van der Waals surface area contributed by atoms with Gasteiger partial charge in [-0.3, -0.25) is 0 Å². The van der Waals surface area contributed by atoms with Gasteiger partial charge in [-0.1, -0.05) is 0 Å². The van der Waals surface area contributed by atoms with E-state index in [0.717, 1.165) is 0 Å². The number of hydrogen-bond donors (Lipinski definition) is 0. The third kappa shape index (κ3) is 249. The normalized spacial score (nSPS) is 2.40. The van der Waals surface area contributed by atoms with Gasteiger partial charge < -0.3 is 0 Å². The Hall–Kier alpha value is 1.72. The minimum atomic E-state index is -1.75. The van der Waals surface area contributed by atoms with Crippen molar-refractivity contribution in [3.8, 4) is 0 Å². The predicted molar refractivity (Wildman–Crippen MR) is 19.3 cm³/mol. The predicted octanol–water partition coefficient (Wildman–Crippen LogP) is -5.07. The molecule has 10 heavy (non-hydrogen) atoms. The zero-order valence-electron chi connectivity index (χ0n) is 4.54. The first kappa shape index (κ1) is 22.6. The summed E-state index contributed by atoms with van der Waals surface area (Å²) in [5.41, 5.74) is 0. The molecule has 0 aliphatic rings. The molecular weight excluding hydrogens is 334 g/mol. The molecule has 10 heteroatoms. The fourth-order valence-electron chi connectivity index (χ4n) is 0. The van der Waals surface area contributed by atoms with Gasteiger partial charge in [0.2, 0.25) is 0 Å². The van der Waals surface area contributed by atoms with Crippen LogP contribution in [0.4, 0.5) is 0 Å². The summed E-state index contributed by atoms with van der Waals surface area (Å²) in [7, 11) is 0. The molecule has 0 fully saturated rings. The molecule has 0 aliphatic heterocycles. The average molecular weight is 334 g/mol. The van der Waals surface area contributed by atoms with Gasteiger partial charge >= 0.3 is 110 Å². The molecule has 0 bridgehead atoms. The van der Waals surface area contributed by atoms with Gasteiger partial charge in [0.25, 0.3) is 0 Å². The van der Waals surface area contributed by atoms with Crippen LogP contribution in [0.25, 0.3) is 0 Å². The molecule has 0 aromatic rings. The van der Waals surface area contributed by atoms with E-state index in [4.69, 9.17) is 23.9 Å². The Balaban J connectivity index is -0.0000000257. The molecule has 0 heterocycles. The molecule has 0 saturated heterocycles. The van der Waals surface area contributed by atoms with Crippen LogP contribution in [-0.2, 0) is 11.4 Å². The Kier molecular flexibility index (Phi) is 103. The van der Waals surface area contributed by atoms with Crippen molar-refractivity contribution >= 4 is 46.5 Å². The van der Waals surface area contributed by atoms with Crippen molar-refractivity contribution in [2.75, 3.05) is 0 Å². The van der Waals surface area contributed by atoms with Crippen LogP contribution in [0.1, 0.15) is 0 Å². The van der Waals surface area contributed by atoms with Gasteiger partial charge in [0.15, 0.2) is 0 Å². The van der Waals surface area contributed by atoms with E-state index < -0.39 is 46.5 Å². The zero-order valence-corrected chi connectivity index (χ0v) is 10.3. The van der Waals surface area contributed by atoms with Crippen molar-refractivity contribution < 1.29 is 63.8 Å². The van der Waals surface area contributed by atoms with E-state index in [1.807, 2.05) is 0 Å². The summed E-state index contributed by atoms with van der Waals surface area (Å²) in [4.78, 5) is 0. The van der Waals surface area contributed by atoms with Crippen LogP contribution < -0.4 is 12.5 Å². The van der Waals surface area contributed by atoms with Crippen LogP contribution in [0.3, 0.4) is 0 Å². The van der Waals surface area contributed by atoms with E-state index in [-0.39, 0.29) is 39.9 Å².